The second-order valence-electron chi connectivity index (χ2n) is 11.6. The number of methoxy groups -OCH3 is 1. The fraction of sp³-hybridized carbons (Fsp3) is 0.500. The van der Waals surface area contributed by atoms with Crippen LogP contribution in [0.4, 0.5) is 0 Å². The van der Waals surface area contributed by atoms with Gasteiger partial charge in [0.2, 0.25) is 17.6 Å². The number of carbonyl (C=O) groups is 5. The Labute approximate surface area is 260 Å². The molecule has 0 aromatic heterocycles. The molecule has 1 aliphatic carbocycles. The van der Waals surface area contributed by atoms with Gasteiger partial charge in [-0.25, -0.2) is 4.79 Å². The van der Waals surface area contributed by atoms with Crippen molar-refractivity contribution < 1.29 is 38.6 Å². The van der Waals surface area contributed by atoms with Gasteiger partial charge in [0.25, 0.3) is 0 Å². The fourth-order valence-corrected chi connectivity index (χ4v) is 4.71. The molecule has 1 aliphatic heterocycles. The van der Waals surface area contributed by atoms with E-state index in [9.17, 15) is 29.1 Å². The van der Waals surface area contributed by atoms with Crippen LogP contribution in [0, 0.1) is 11.8 Å². The van der Waals surface area contributed by atoms with E-state index in [1.807, 2.05) is 19.9 Å². The molecular formula is C34H46N2O8. The number of esters is 1. The van der Waals surface area contributed by atoms with Gasteiger partial charge in [0, 0.05) is 37.5 Å². The minimum absolute atomic E-state index is 0.0599. The van der Waals surface area contributed by atoms with Gasteiger partial charge >= 0.3 is 5.97 Å². The second kappa shape index (κ2) is 18.0. The first-order valence-corrected chi connectivity index (χ1v) is 15.0. The third-order valence-corrected chi connectivity index (χ3v) is 7.29. The summed E-state index contributed by atoms with van der Waals surface area (Å²) in [5.41, 5.74) is 0.784. The first-order chi connectivity index (χ1) is 20.8. The summed E-state index contributed by atoms with van der Waals surface area (Å²) in [6, 6.07) is -0.862. The number of carbonyl (C=O) groups excluding carboxylic acids is 5. The lowest BCUT2D eigenvalue weighted by molar-refractivity contribution is -0.156. The molecule has 0 radical (unpaired) electrons. The molecule has 0 saturated heterocycles. The van der Waals surface area contributed by atoms with E-state index in [2.05, 4.69) is 10.6 Å². The van der Waals surface area contributed by atoms with E-state index in [0.29, 0.717) is 18.4 Å². The maximum atomic E-state index is 13.0. The van der Waals surface area contributed by atoms with Gasteiger partial charge in [-0.3, -0.25) is 19.2 Å². The van der Waals surface area contributed by atoms with Gasteiger partial charge in [-0.15, -0.1) is 0 Å². The fourth-order valence-electron chi connectivity index (χ4n) is 4.71. The molecule has 3 N–H and O–H groups in total. The molecule has 0 saturated carbocycles. The van der Waals surface area contributed by atoms with Crippen molar-refractivity contribution >= 4 is 29.4 Å². The molecule has 0 spiro atoms. The number of rotatable bonds is 6. The lowest BCUT2D eigenvalue weighted by Gasteiger charge is -2.29. The summed E-state index contributed by atoms with van der Waals surface area (Å²) >= 11 is 0. The molecule has 2 rings (SSSR count). The van der Waals surface area contributed by atoms with Gasteiger partial charge in [0.1, 0.15) is 12.1 Å². The van der Waals surface area contributed by atoms with Crippen LogP contribution in [0.3, 0.4) is 0 Å². The van der Waals surface area contributed by atoms with E-state index in [-0.39, 0.29) is 42.4 Å². The number of aliphatic hydroxyl groups excluding tert-OH is 1. The second-order valence-corrected chi connectivity index (χ2v) is 11.6. The Morgan fingerprint density at radius 3 is 2.48 bits per heavy atom. The zero-order valence-electron chi connectivity index (χ0n) is 26.5. The average Bonchev–Trinajstić information content (AvgIpc) is 2.95. The largest absolute Gasteiger partial charge is 0.460 e. The Kier molecular flexibility index (Phi) is 14.9. The molecule has 2 bridgehead atoms. The zero-order valence-corrected chi connectivity index (χ0v) is 26.5. The van der Waals surface area contributed by atoms with Gasteiger partial charge < -0.3 is 25.2 Å². The number of hydrogen-bond acceptors (Lipinski definition) is 8. The van der Waals surface area contributed by atoms with E-state index < -0.39 is 53.7 Å². The number of nitrogens with one attached hydrogen (secondary N) is 2. The smallest absolute Gasteiger partial charge is 0.328 e. The van der Waals surface area contributed by atoms with Crippen molar-refractivity contribution in [3.05, 3.63) is 71.5 Å². The minimum Gasteiger partial charge on any atom is -0.460 e. The van der Waals surface area contributed by atoms with Crippen molar-refractivity contribution in [3.63, 3.8) is 0 Å². The molecule has 2 aliphatic rings. The maximum Gasteiger partial charge on any atom is 0.328 e. The van der Waals surface area contributed by atoms with Crippen LogP contribution in [0.2, 0.25) is 0 Å². The Hall–Kier alpha value is -3.89. The van der Waals surface area contributed by atoms with Crippen LogP contribution in [0.15, 0.2) is 71.5 Å². The van der Waals surface area contributed by atoms with Crippen molar-refractivity contribution in [2.45, 2.75) is 91.1 Å². The zero-order chi connectivity index (χ0) is 32.8. The van der Waals surface area contributed by atoms with E-state index in [1.54, 1.807) is 57.2 Å². The molecule has 0 aromatic carbocycles. The number of ketones is 2. The molecule has 0 aromatic rings. The Morgan fingerprint density at radius 2 is 1.80 bits per heavy atom. The van der Waals surface area contributed by atoms with Crippen molar-refractivity contribution in [3.8, 4) is 0 Å². The standard InChI is InChI=1S/C34H46N2O8/c1-21(2)17-30(38)35-24(5)34(42)44-29-16-11-9-7-8-10-15-27(43-6)20-31(39)36-28-19-26(37)18-25(33(28)41)14-12-13-22(3)32(40)23(29)4/h7-11,13,15,18-19,21,23-24,27,29,32,40H,12,14,16-17,20H2,1-6H3,(H,35,38)(H,36,39)/b8-7+,11-9+,15-10?,22-13-. The Morgan fingerprint density at radius 1 is 1.09 bits per heavy atom. The summed E-state index contributed by atoms with van der Waals surface area (Å²) in [7, 11) is 1.46. The molecule has 240 valence electrons. The van der Waals surface area contributed by atoms with E-state index in [0.717, 1.165) is 6.08 Å². The summed E-state index contributed by atoms with van der Waals surface area (Å²) in [5.74, 6) is -2.52. The number of allylic oxidation sites excluding steroid dienone is 8. The third-order valence-electron chi connectivity index (χ3n) is 7.29. The molecule has 5 unspecified atom stereocenters. The molecule has 0 fully saturated rings. The quantitative estimate of drug-likeness (QED) is 0.234. The lowest BCUT2D eigenvalue weighted by Crippen LogP contribution is -2.43. The normalized spacial score (nSPS) is 27.5. The number of ether oxygens (including phenoxy) is 2. The Bertz CT molecular complexity index is 1250. The molecular weight excluding hydrogens is 564 g/mol. The van der Waals surface area contributed by atoms with Crippen LogP contribution in [0.5, 0.6) is 0 Å². The van der Waals surface area contributed by atoms with Crippen molar-refractivity contribution in [2.24, 2.45) is 11.8 Å². The summed E-state index contributed by atoms with van der Waals surface area (Å²) in [6.07, 6.45) is 13.5. The molecule has 10 heteroatoms. The molecule has 5 atom stereocenters. The maximum absolute atomic E-state index is 13.0. The monoisotopic (exact) mass is 610 g/mol. The predicted molar refractivity (Wildman–Crippen MR) is 167 cm³/mol. The van der Waals surface area contributed by atoms with E-state index >= 15 is 0 Å². The minimum atomic E-state index is -0.974. The van der Waals surface area contributed by atoms with Gasteiger partial charge in [-0.05, 0) is 44.3 Å². The van der Waals surface area contributed by atoms with Gasteiger partial charge in [-0.1, -0.05) is 63.3 Å². The highest BCUT2D eigenvalue weighted by atomic mass is 16.5. The van der Waals surface area contributed by atoms with Crippen LogP contribution in [-0.2, 0) is 33.4 Å². The first-order valence-electron chi connectivity index (χ1n) is 15.0. The summed E-state index contributed by atoms with van der Waals surface area (Å²) in [5, 5.41) is 16.4. The predicted octanol–water partition coefficient (Wildman–Crippen LogP) is 3.73. The SMILES string of the molecule is COC1C=C/C=C/C=C/CC(OC(=O)C(C)NC(=O)CC(C)C)C(C)C(O)/C(C)=C\CCC2=CC(=O)C=C(NC(=O)C1)C2=O. The van der Waals surface area contributed by atoms with Gasteiger partial charge in [0.15, 0.2) is 5.78 Å². The van der Waals surface area contributed by atoms with Crippen LogP contribution in [0.25, 0.3) is 0 Å². The highest BCUT2D eigenvalue weighted by Gasteiger charge is 2.30. The van der Waals surface area contributed by atoms with E-state index in [4.69, 9.17) is 9.47 Å². The molecule has 1 heterocycles. The summed E-state index contributed by atoms with van der Waals surface area (Å²) in [6.45, 7) is 8.91. The average molecular weight is 611 g/mol. The Balaban J connectivity index is 2.31. The van der Waals surface area contributed by atoms with Gasteiger partial charge in [-0.2, -0.15) is 0 Å². The number of amides is 2. The molecule has 44 heavy (non-hydrogen) atoms. The number of aliphatic hydroxyl groups is 1. The van der Waals surface area contributed by atoms with Crippen molar-refractivity contribution in [1.82, 2.24) is 10.6 Å². The van der Waals surface area contributed by atoms with Crippen LogP contribution in [-0.4, -0.2) is 65.9 Å². The van der Waals surface area contributed by atoms with Crippen molar-refractivity contribution in [2.75, 3.05) is 7.11 Å². The summed E-state index contributed by atoms with van der Waals surface area (Å²) in [4.78, 5) is 63.0. The molecule has 2 amide bonds. The van der Waals surface area contributed by atoms with Crippen molar-refractivity contribution in [1.29, 1.82) is 0 Å². The van der Waals surface area contributed by atoms with Crippen LogP contribution in [0.1, 0.15) is 66.7 Å². The van der Waals surface area contributed by atoms with E-state index in [1.165, 1.54) is 13.2 Å². The highest BCUT2D eigenvalue weighted by molar-refractivity contribution is 6.21. The molecule has 10 nitrogen and oxygen atoms in total. The highest BCUT2D eigenvalue weighted by Crippen LogP contribution is 2.24. The first kappa shape index (κ1) is 36.3. The van der Waals surface area contributed by atoms with Crippen LogP contribution >= 0.6 is 0 Å². The lowest BCUT2D eigenvalue weighted by atomic mass is 9.90. The number of hydrogen-bond donors (Lipinski definition) is 3. The van der Waals surface area contributed by atoms with Gasteiger partial charge in [0.05, 0.1) is 24.3 Å². The third kappa shape index (κ3) is 12.0. The number of fused-ring (bicyclic) bond motifs is 2. The van der Waals surface area contributed by atoms with Crippen LogP contribution < -0.4 is 10.6 Å². The summed E-state index contributed by atoms with van der Waals surface area (Å²) < 4.78 is 11.2. The topological polar surface area (TPSA) is 148 Å². The number of Topliss-reactive ketones (excluding diaryl/α,β-unsaturated/α-hetero) is 1.